The largest absolute Gasteiger partial charge is 1.00 e. The molecule has 0 aromatic heterocycles. The zero-order valence-electron chi connectivity index (χ0n) is 7.02. The number of hydrogen-bond donors (Lipinski definition) is 2. The summed E-state index contributed by atoms with van der Waals surface area (Å²) in [7, 11) is -4.43. The van der Waals surface area contributed by atoms with Gasteiger partial charge in [-0.1, -0.05) is 0 Å². The van der Waals surface area contributed by atoms with Crippen molar-refractivity contribution >= 4 is 21.5 Å². The summed E-state index contributed by atoms with van der Waals surface area (Å²) < 4.78 is 31.3. The number of rotatable bonds is 1. The first-order valence-electron chi connectivity index (χ1n) is 3.02. The molecule has 13 heavy (non-hydrogen) atoms. The number of anilines is 2. The molecule has 4 N–H and O–H groups in total. The van der Waals surface area contributed by atoms with E-state index in [9.17, 15) is 13.0 Å². The number of hydrogen-bond acceptors (Lipinski definition) is 5. The predicted octanol–water partition coefficient (Wildman–Crippen LogP) is -3.24. The molecular weight excluding hydrogens is 219 g/mol. The van der Waals surface area contributed by atoms with Crippen LogP contribution in [0.2, 0.25) is 0 Å². The van der Waals surface area contributed by atoms with Crippen LogP contribution in [0.4, 0.5) is 11.4 Å². The van der Waals surface area contributed by atoms with Crippen LogP contribution >= 0.6 is 0 Å². The van der Waals surface area contributed by atoms with Gasteiger partial charge in [0.2, 0.25) is 0 Å². The van der Waals surface area contributed by atoms with E-state index in [1.807, 2.05) is 0 Å². The summed E-state index contributed by atoms with van der Waals surface area (Å²) in [5.74, 6) is 0. The third-order valence-electron chi connectivity index (χ3n) is 1.35. The molecule has 0 fully saturated rings. The molecule has 0 aliphatic carbocycles. The number of nitrogens with two attached hydrogens (primary N) is 2. The minimum atomic E-state index is -4.43. The molecule has 0 saturated heterocycles. The maximum absolute atomic E-state index is 10.4. The fourth-order valence-electron chi connectivity index (χ4n) is 0.708. The van der Waals surface area contributed by atoms with E-state index in [1.54, 1.807) is 0 Å². The van der Waals surface area contributed by atoms with Gasteiger partial charge in [0.15, 0.2) is 0 Å². The molecule has 0 amide bonds. The average molecular weight is 226 g/mol. The Kier molecular flexibility index (Phi) is 4.87. The normalized spacial score (nSPS) is 10.5. The van der Waals surface area contributed by atoms with Crippen molar-refractivity contribution < 1.29 is 64.4 Å². The average Bonchev–Trinajstić information content (AvgIpc) is 1.92. The van der Waals surface area contributed by atoms with Crippen LogP contribution in [-0.4, -0.2) is 13.0 Å². The molecule has 5 nitrogen and oxygen atoms in total. The number of nitrogen functional groups attached to an aromatic ring is 2. The molecule has 0 bridgehead atoms. The van der Waals surface area contributed by atoms with Crippen molar-refractivity contribution in [3.63, 3.8) is 0 Å². The maximum atomic E-state index is 10.4. The summed E-state index contributed by atoms with van der Waals surface area (Å²) in [5.41, 5.74) is 10.9. The molecular formula is C6H7KN2O3S. The molecule has 0 spiro atoms. The van der Waals surface area contributed by atoms with Crippen molar-refractivity contribution in [2.24, 2.45) is 0 Å². The maximum Gasteiger partial charge on any atom is 1.00 e. The van der Waals surface area contributed by atoms with Crippen LogP contribution in [0.5, 0.6) is 0 Å². The van der Waals surface area contributed by atoms with Gasteiger partial charge in [0.05, 0.1) is 16.3 Å². The van der Waals surface area contributed by atoms with E-state index in [2.05, 4.69) is 0 Å². The number of benzene rings is 1. The summed E-state index contributed by atoms with van der Waals surface area (Å²) in [6.45, 7) is 0. The Balaban J connectivity index is 0.00000144. The summed E-state index contributed by atoms with van der Waals surface area (Å²) in [5, 5.41) is 0. The molecule has 0 aliphatic rings. The molecule has 0 unspecified atom stereocenters. The fourth-order valence-corrected chi connectivity index (χ4v) is 1.21. The van der Waals surface area contributed by atoms with Crippen LogP contribution in [0.15, 0.2) is 23.1 Å². The zero-order chi connectivity index (χ0) is 9.35. The smallest absolute Gasteiger partial charge is 0.744 e. The Hall–Kier alpha value is 0.366. The second kappa shape index (κ2) is 4.74. The second-order valence-electron chi connectivity index (χ2n) is 2.24. The van der Waals surface area contributed by atoms with Crippen molar-refractivity contribution in [3.05, 3.63) is 18.2 Å². The molecule has 1 aromatic carbocycles. The molecule has 0 radical (unpaired) electrons. The molecule has 7 heteroatoms. The van der Waals surface area contributed by atoms with Crippen LogP contribution in [0.3, 0.4) is 0 Å². The Morgan fingerprint density at radius 2 is 1.69 bits per heavy atom. The van der Waals surface area contributed by atoms with Gasteiger partial charge >= 0.3 is 51.4 Å². The Bertz CT molecular complexity index is 404. The summed E-state index contributed by atoms with van der Waals surface area (Å²) >= 11 is 0. The van der Waals surface area contributed by atoms with E-state index in [0.29, 0.717) is 0 Å². The topological polar surface area (TPSA) is 109 Å². The zero-order valence-corrected chi connectivity index (χ0v) is 11.0. The summed E-state index contributed by atoms with van der Waals surface area (Å²) in [4.78, 5) is -0.366. The van der Waals surface area contributed by atoms with Gasteiger partial charge in [-0.05, 0) is 18.2 Å². The van der Waals surface area contributed by atoms with Crippen LogP contribution in [0.1, 0.15) is 0 Å². The van der Waals surface area contributed by atoms with Crippen molar-refractivity contribution in [1.29, 1.82) is 0 Å². The molecule has 66 valence electrons. The third kappa shape index (κ3) is 3.54. The van der Waals surface area contributed by atoms with Gasteiger partial charge in [-0.3, -0.25) is 0 Å². The quantitative estimate of drug-likeness (QED) is 0.297. The molecule has 0 atom stereocenters. The predicted molar refractivity (Wildman–Crippen MR) is 43.2 cm³/mol. The third-order valence-corrected chi connectivity index (χ3v) is 2.18. The van der Waals surface area contributed by atoms with Gasteiger partial charge in [0.1, 0.15) is 10.1 Å². The standard InChI is InChI=1S/C6H8N2O3S.K/c7-5-2-1-4(3-6(5)8)12(9,10)11;/h1-3H,7-8H2,(H,9,10,11);/q;+1/p-1. The van der Waals surface area contributed by atoms with Gasteiger partial charge in [-0.25, -0.2) is 8.42 Å². The first kappa shape index (κ1) is 13.4. The Labute approximate surface area is 119 Å². The monoisotopic (exact) mass is 226 g/mol. The van der Waals surface area contributed by atoms with E-state index in [1.165, 1.54) is 6.07 Å². The van der Waals surface area contributed by atoms with E-state index in [4.69, 9.17) is 11.5 Å². The van der Waals surface area contributed by atoms with Crippen LogP contribution < -0.4 is 62.9 Å². The van der Waals surface area contributed by atoms with Crippen LogP contribution in [0.25, 0.3) is 0 Å². The first-order valence-corrected chi connectivity index (χ1v) is 4.43. The fraction of sp³-hybridized carbons (Fsp3) is 0. The van der Waals surface area contributed by atoms with E-state index < -0.39 is 10.1 Å². The van der Waals surface area contributed by atoms with Gasteiger partial charge in [0, 0.05) is 0 Å². The van der Waals surface area contributed by atoms with E-state index in [0.717, 1.165) is 12.1 Å². The van der Waals surface area contributed by atoms with Crippen LogP contribution in [-0.2, 0) is 10.1 Å². The van der Waals surface area contributed by atoms with Gasteiger partial charge in [-0.15, -0.1) is 0 Å². The second-order valence-corrected chi connectivity index (χ2v) is 3.62. The van der Waals surface area contributed by atoms with Gasteiger partial charge < -0.3 is 16.0 Å². The Morgan fingerprint density at radius 3 is 2.08 bits per heavy atom. The van der Waals surface area contributed by atoms with E-state index >= 15 is 0 Å². The first-order chi connectivity index (χ1) is 5.41. The Morgan fingerprint density at radius 1 is 1.15 bits per heavy atom. The SMILES string of the molecule is Nc1ccc(S(=O)(=O)[O-])cc1N.[K+]. The van der Waals surface area contributed by atoms with Crippen molar-refractivity contribution in [3.8, 4) is 0 Å². The van der Waals surface area contributed by atoms with Gasteiger partial charge in [0.25, 0.3) is 0 Å². The van der Waals surface area contributed by atoms with Gasteiger partial charge in [-0.2, -0.15) is 0 Å². The van der Waals surface area contributed by atoms with E-state index in [-0.39, 0.29) is 67.7 Å². The van der Waals surface area contributed by atoms with Crippen molar-refractivity contribution in [1.82, 2.24) is 0 Å². The molecule has 0 heterocycles. The molecule has 0 aliphatic heterocycles. The molecule has 0 saturated carbocycles. The minimum Gasteiger partial charge on any atom is -0.744 e. The van der Waals surface area contributed by atoms with Crippen molar-refractivity contribution in [2.75, 3.05) is 11.5 Å². The molecule has 1 aromatic rings. The molecule has 1 rings (SSSR count). The summed E-state index contributed by atoms with van der Waals surface area (Å²) in [6.07, 6.45) is 0. The van der Waals surface area contributed by atoms with Crippen LogP contribution in [0, 0.1) is 0 Å². The minimum absolute atomic E-state index is 0. The summed E-state index contributed by atoms with van der Waals surface area (Å²) in [6, 6.07) is 3.44. The van der Waals surface area contributed by atoms with Crippen molar-refractivity contribution in [2.45, 2.75) is 4.90 Å².